The topological polar surface area (TPSA) is 107 Å². The molecule has 10 heteroatoms. The molecule has 1 saturated heterocycles. The summed E-state index contributed by atoms with van der Waals surface area (Å²) < 4.78 is 29.8. The molecule has 1 fully saturated rings. The third-order valence-electron chi connectivity index (χ3n) is 9.73. The van der Waals surface area contributed by atoms with E-state index >= 15 is 4.79 Å². The number of nitrogens with zero attached hydrogens (tertiary/aromatic N) is 4. The Morgan fingerprint density at radius 3 is 2.49 bits per heavy atom. The number of ether oxygens (including phenoxy) is 2. The van der Waals surface area contributed by atoms with Gasteiger partial charge >= 0.3 is 5.97 Å². The number of aryl methyl sites for hydroxylation is 1. The van der Waals surface area contributed by atoms with Gasteiger partial charge in [0.15, 0.2) is 5.54 Å². The van der Waals surface area contributed by atoms with Gasteiger partial charge in [0, 0.05) is 41.9 Å². The van der Waals surface area contributed by atoms with Gasteiger partial charge in [-0.25, -0.2) is 9.78 Å². The molecule has 1 amide bonds. The fourth-order valence-corrected chi connectivity index (χ4v) is 7.39. The Labute approximate surface area is 262 Å². The predicted molar refractivity (Wildman–Crippen MR) is 168 cm³/mol. The summed E-state index contributed by atoms with van der Waals surface area (Å²) in [5.74, 6) is -1.31. The van der Waals surface area contributed by atoms with Crippen LogP contribution >= 0.6 is 11.3 Å². The summed E-state index contributed by atoms with van der Waals surface area (Å²) in [5.41, 5.74) is -1.29. The lowest BCUT2D eigenvalue weighted by Crippen LogP contribution is -2.66. The number of carboxylic acid groups (broad SMARTS) is 1. The molecule has 4 atom stereocenters. The Kier molecular flexibility index (Phi) is 8.60. The fourth-order valence-electron chi connectivity index (χ4n) is 6.68. The van der Waals surface area contributed by atoms with Gasteiger partial charge in [-0.1, -0.05) is 33.8 Å². The number of likely N-dealkylation sites (tertiary alicyclic amines) is 1. The van der Waals surface area contributed by atoms with Crippen molar-refractivity contribution in [2.24, 2.45) is 11.8 Å². The molecule has 234 valence electrons. The minimum absolute atomic E-state index is 0.0381. The van der Waals surface area contributed by atoms with Crippen molar-refractivity contribution in [3.05, 3.63) is 63.8 Å². The van der Waals surface area contributed by atoms with Gasteiger partial charge in [-0.05, 0) is 70.1 Å². The number of hydrogen-bond donors (Lipinski definition) is 1. The largest absolute Gasteiger partial charge is 0.494 e. The molecule has 1 N–H and O–H groups in total. The van der Waals surface area contributed by atoms with Crippen molar-refractivity contribution in [2.45, 2.75) is 90.8 Å². The number of aromatic nitrogens is 3. The lowest BCUT2D eigenvalue weighted by atomic mass is 9.71. The van der Waals surface area contributed by atoms with Gasteiger partial charge in [-0.15, -0.1) is 11.3 Å². The highest BCUT2D eigenvalue weighted by Gasteiger charge is 2.67. The van der Waals surface area contributed by atoms with Crippen LogP contribution in [0.1, 0.15) is 96.7 Å². The van der Waals surface area contributed by atoms with Gasteiger partial charge in [-0.3, -0.25) is 9.48 Å². The second kappa shape index (κ2) is 12.4. The number of amides is 1. The predicted octanol–water partition coefficient (Wildman–Crippen LogP) is 6.48. The standard InChI is InChI=1S/C33H46N4O5S/c1-10-32(8,21(3)4)25-13-12-23(18-26(25)42-11-2)29(38)37-27(28-34-15-17-43-28)24(20-41-9)19-33(37,30(39)40)31(6,7)36-16-14-22(5)35-36/h12-18,21,24,27H,10-11,19-20H2,1-9H3,(H,39,40)/t24-,27-,32?,33+/m1/s1/i15D,17D. The number of aliphatic carboxylic acids is 1. The second-order valence-corrected chi connectivity index (χ2v) is 13.3. The van der Waals surface area contributed by atoms with Gasteiger partial charge in [0.25, 0.3) is 5.91 Å². The summed E-state index contributed by atoms with van der Waals surface area (Å²) in [6.45, 7) is 16.5. The highest BCUT2D eigenvalue weighted by molar-refractivity contribution is 7.09. The molecule has 0 aliphatic carbocycles. The first kappa shape index (κ1) is 29.8. The molecule has 9 nitrogen and oxygen atoms in total. The van der Waals surface area contributed by atoms with Crippen LogP contribution in [0.5, 0.6) is 5.75 Å². The van der Waals surface area contributed by atoms with Crippen LogP contribution in [0.25, 0.3) is 0 Å². The number of hydrogen-bond acceptors (Lipinski definition) is 7. The van der Waals surface area contributed by atoms with Crippen LogP contribution in [-0.2, 0) is 20.5 Å². The first-order valence-corrected chi connectivity index (χ1v) is 15.7. The molecule has 4 rings (SSSR count). The zero-order valence-electron chi connectivity index (χ0n) is 28.7. The molecule has 2 aromatic heterocycles. The molecule has 1 aliphatic rings. The number of carboxylic acids is 1. The first-order chi connectivity index (χ1) is 21.1. The molecule has 43 heavy (non-hydrogen) atoms. The van der Waals surface area contributed by atoms with E-state index in [1.54, 1.807) is 42.9 Å². The summed E-state index contributed by atoms with van der Waals surface area (Å²) in [5, 5.41) is 16.1. The first-order valence-electron chi connectivity index (χ1n) is 15.9. The van der Waals surface area contributed by atoms with Crippen LogP contribution < -0.4 is 4.74 Å². The maximum absolute atomic E-state index is 15.0. The molecular weight excluding hydrogens is 564 g/mol. The van der Waals surface area contributed by atoms with Gasteiger partial charge in [-0.2, -0.15) is 5.10 Å². The number of methoxy groups -OCH3 is 1. The zero-order valence-corrected chi connectivity index (χ0v) is 27.5. The van der Waals surface area contributed by atoms with E-state index in [0.717, 1.165) is 23.3 Å². The Hall–Kier alpha value is -3.24. The highest BCUT2D eigenvalue weighted by atomic mass is 32.1. The molecule has 3 aromatic rings. The van der Waals surface area contributed by atoms with Crippen molar-refractivity contribution in [3.8, 4) is 5.75 Å². The quantitative estimate of drug-likeness (QED) is 0.250. The molecule has 0 radical (unpaired) electrons. The summed E-state index contributed by atoms with van der Waals surface area (Å²) in [6, 6.07) is 6.34. The lowest BCUT2D eigenvalue weighted by Gasteiger charge is -2.47. The Bertz CT molecular complexity index is 1540. The van der Waals surface area contributed by atoms with E-state index in [9.17, 15) is 9.90 Å². The Morgan fingerprint density at radius 2 is 1.98 bits per heavy atom. The van der Waals surface area contributed by atoms with Crippen LogP contribution in [0.15, 0.2) is 42.0 Å². The van der Waals surface area contributed by atoms with E-state index in [2.05, 4.69) is 37.8 Å². The van der Waals surface area contributed by atoms with Crippen molar-refractivity contribution in [3.63, 3.8) is 0 Å². The summed E-state index contributed by atoms with van der Waals surface area (Å²) in [6.07, 6.45) is 2.41. The minimum Gasteiger partial charge on any atom is -0.494 e. The van der Waals surface area contributed by atoms with Crippen molar-refractivity contribution in [2.75, 3.05) is 20.3 Å². The van der Waals surface area contributed by atoms with Gasteiger partial charge < -0.3 is 19.5 Å². The minimum atomic E-state index is -1.81. The maximum atomic E-state index is 15.0. The second-order valence-electron chi connectivity index (χ2n) is 12.5. The Morgan fingerprint density at radius 1 is 1.26 bits per heavy atom. The van der Waals surface area contributed by atoms with E-state index in [1.807, 2.05) is 19.9 Å². The van der Waals surface area contributed by atoms with E-state index in [4.69, 9.17) is 12.2 Å². The normalized spacial score (nSPS) is 22.8. The summed E-state index contributed by atoms with van der Waals surface area (Å²) in [4.78, 5) is 34.6. The van der Waals surface area contributed by atoms with Crippen LogP contribution in [0.2, 0.25) is 0 Å². The van der Waals surface area contributed by atoms with Crippen LogP contribution in [0.3, 0.4) is 0 Å². The number of carbonyl (C=O) groups excluding carboxylic acids is 1. The average Bonchev–Trinajstić information content (AvgIpc) is 3.68. The third-order valence-corrected chi connectivity index (χ3v) is 10.5. The van der Waals surface area contributed by atoms with Crippen LogP contribution in [0.4, 0.5) is 0 Å². The summed E-state index contributed by atoms with van der Waals surface area (Å²) in [7, 11) is 1.53. The molecule has 1 unspecified atom stereocenters. The van der Waals surface area contributed by atoms with Gasteiger partial charge in [0.05, 0.1) is 33.2 Å². The lowest BCUT2D eigenvalue weighted by molar-refractivity contribution is -0.156. The molecule has 1 aromatic carbocycles. The van der Waals surface area contributed by atoms with Gasteiger partial charge in [0.1, 0.15) is 10.8 Å². The highest BCUT2D eigenvalue weighted by Crippen LogP contribution is 2.55. The van der Waals surface area contributed by atoms with E-state index in [1.165, 1.54) is 12.0 Å². The van der Waals surface area contributed by atoms with Crippen molar-refractivity contribution in [1.29, 1.82) is 0 Å². The van der Waals surface area contributed by atoms with E-state index < -0.39 is 34.9 Å². The SMILES string of the molecule is [2H]c1nc([C@H]2[C@@H](COC)C[C@](C(=O)O)(C(C)(C)n3ccc(C)n3)N2C(=O)c2ccc(C(C)(CC)C(C)C)c(OCC)c2)sc1[2H]. The van der Waals surface area contributed by atoms with Crippen molar-refractivity contribution < 1.29 is 26.9 Å². The molecular formula is C33H46N4O5S. The zero-order chi connectivity index (χ0) is 33.5. The smallest absolute Gasteiger partial charge is 0.332 e. The number of carbonyl (C=O) groups is 2. The molecule has 0 saturated carbocycles. The van der Waals surface area contributed by atoms with Crippen molar-refractivity contribution in [1.82, 2.24) is 19.7 Å². The molecule has 0 bridgehead atoms. The van der Waals surface area contributed by atoms with Crippen molar-refractivity contribution >= 4 is 23.2 Å². The van der Waals surface area contributed by atoms with Crippen LogP contribution in [0, 0.1) is 18.8 Å². The van der Waals surface area contributed by atoms with Gasteiger partial charge in [0.2, 0.25) is 0 Å². The Balaban J connectivity index is 2.01. The third kappa shape index (κ3) is 5.37. The monoisotopic (exact) mass is 612 g/mol. The van der Waals surface area contributed by atoms with Crippen LogP contribution in [-0.4, -0.2) is 62.5 Å². The van der Waals surface area contributed by atoms with E-state index in [-0.39, 0.29) is 35.5 Å². The summed E-state index contributed by atoms with van der Waals surface area (Å²) >= 11 is 0.982. The average molecular weight is 613 g/mol. The van der Waals surface area contributed by atoms with E-state index in [0.29, 0.717) is 29.0 Å². The molecule has 1 aliphatic heterocycles. The maximum Gasteiger partial charge on any atom is 0.332 e. The molecule has 0 spiro atoms. The number of benzene rings is 1. The fraction of sp³-hybridized carbons (Fsp3) is 0.576. The molecule has 3 heterocycles. The number of rotatable bonds is 12. The number of thiazole rings is 1.